The number of carbonyl (C=O) groups is 1. The van der Waals surface area contributed by atoms with Crippen LogP contribution in [0, 0.1) is 5.82 Å². The molecule has 0 fully saturated rings. The van der Waals surface area contributed by atoms with Crippen molar-refractivity contribution >= 4 is 23.1 Å². The van der Waals surface area contributed by atoms with Crippen LogP contribution in [0.25, 0.3) is 5.65 Å². The summed E-state index contributed by atoms with van der Waals surface area (Å²) in [6.45, 7) is 0. The summed E-state index contributed by atoms with van der Waals surface area (Å²) in [6, 6.07) is 7.22. The first-order valence-electron chi connectivity index (χ1n) is 5.74. The number of benzene rings is 1. The molecule has 0 saturated heterocycles. The van der Waals surface area contributed by atoms with Gasteiger partial charge in [-0.25, -0.2) is 18.7 Å². The third-order valence-corrected chi connectivity index (χ3v) is 2.73. The fourth-order valence-corrected chi connectivity index (χ4v) is 1.80. The summed E-state index contributed by atoms with van der Waals surface area (Å²) >= 11 is 0. The van der Waals surface area contributed by atoms with Gasteiger partial charge in [-0.15, -0.1) is 0 Å². The van der Waals surface area contributed by atoms with E-state index in [9.17, 15) is 9.18 Å². The molecule has 0 aliphatic rings. The smallest absolute Gasteiger partial charge is 0.338 e. The first kappa shape index (κ1) is 12.1. The normalized spacial score (nSPS) is 10.7. The van der Waals surface area contributed by atoms with Crippen molar-refractivity contribution < 1.29 is 14.3 Å². The molecule has 0 atom stereocenters. The number of nitrogens with zero attached hydrogens (tertiary/aromatic N) is 3. The lowest BCUT2D eigenvalue weighted by Gasteiger charge is -2.07. The molecule has 0 amide bonds. The molecule has 0 bridgehead atoms. The van der Waals surface area contributed by atoms with E-state index < -0.39 is 11.8 Å². The van der Waals surface area contributed by atoms with Crippen LogP contribution in [0.4, 0.5) is 15.9 Å². The Balaban J connectivity index is 1.90. The van der Waals surface area contributed by atoms with E-state index in [0.29, 0.717) is 17.2 Å². The van der Waals surface area contributed by atoms with Crippen LogP contribution in [0.3, 0.4) is 0 Å². The van der Waals surface area contributed by atoms with Crippen molar-refractivity contribution in [2.24, 2.45) is 0 Å². The maximum Gasteiger partial charge on any atom is 0.338 e. The number of aromatic carboxylic acids is 1. The first-order chi connectivity index (χ1) is 9.63. The molecule has 0 aliphatic heterocycles. The van der Waals surface area contributed by atoms with Crippen LogP contribution >= 0.6 is 0 Å². The molecule has 6 nitrogen and oxygen atoms in total. The Morgan fingerprint density at radius 3 is 2.90 bits per heavy atom. The summed E-state index contributed by atoms with van der Waals surface area (Å²) in [5.41, 5.74) is 0.705. The van der Waals surface area contributed by atoms with Gasteiger partial charge in [-0.05, 0) is 24.3 Å². The van der Waals surface area contributed by atoms with Crippen LogP contribution in [0.5, 0.6) is 0 Å². The number of carboxylic acids is 1. The molecule has 2 heterocycles. The third kappa shape index (κ3) is 2.16. The average Bonchev–Trinajstić information content (AvgIpc) is 2.85. The molecule has 7 heteroatoms. The van der Waals surface area contributed by atoms with Crippen molar-refractivity contribution in [3.8, 4) is 0 Å². The summed E-state index contributed by atoms with van der Waals surface area (Å²) in [5, 5.41) is 15.7. The molecule has 3 aromatic rings. The Morgan fingerprint density at radius 1 is 1.30 bits per heavy atom. The number of hydrogen-bond donors (Lipinski definition) is 2. The third-order valence-electron chi connectivity index (χ3n) is 2.73. The molecule has 2 N–H and O–H groups in total. The van der Waals surface area contributed by atoms with Gasteiger partial charge < -0.3 is 10.4 Å². The van der Waals surface area contributed by atoms with Gasteiger partial charge in [0.15, 0.2) is 5.65 Å². The minimum atomic E-state index is -1.30. The zero-order valence-corrected chi connectivity index (χ0v) is 10.1. The number of fused-ring (bicyclic) bond motifs is 1. The Labute approximate surface area is 112 Å². The van der Waals surface area contributed by atoms with Crippen molar-refractivity contribution in [3.63, 3.8) is 0 Å². The summed E-state index contributed by atoms with van der Waals surface area (Å²) in [6.07, 6.45) is 3.33. The Hall–Kier alpha value is -2.96. The van der Waals surface area contributed by atoms with Gasteiger partial charge in [0, 0.05) is 18.0 Å². The van der Waals surface area contributed by atoms with Crippen LogP contribution in [0.2, 0.25) is 0 Å². The van der Waals surface area contributed by atoms with Gasteiger partial charge in [-0.2, -0.15) is 5.10 Å². The molecule has 100 valence electrons. The standard InChI is InChI=1S/C13H9FN4O2/c14-10-7-8(1-2-9(10)13(19)20)16-11-4-6-18-12(17-11)3-5-15-18/h1-7H,(H,16,17)(H,19,20). The number of anilines is 2. The second-order valence-corrected chi connectivity index (χ2v) is 4.07. The summed E-state index contributed by atoms with van der Waals surface area (Å²) in [4.78, 5) is 15.0. The fraction of sp³-hybridized carbons (Fsp3) is 0. The molecule has 20 heavy (non-hydrogen) atoms. The van der Waals surface area contributed by atoms with Crippen molar-refractivity contribution in [1.82, 2.24) is 14.6 Å². The van der Waals surface area contributed by atoms with Crippen molar-refractivity contribution in [2.45, 2.75) is 0 Å². The minimum Gasteiger partial charge on any atom is -0.478 e. The zero-order valence-electron chi connectivity index (χ0n) is 10.1. The molecule has 0 aliphatic carbocycles. The highest BCUT2D eigenvalue weighted by Gasteiger charge is 2.10. The van der Waals surface area contributed by atoms with E-state index >= 15 is 0 Å². The maximum absolute atomic E-state index is 13.6. The predicted molar refractivity (Wildman–Crippen MR) is 69.6 cm³/mol. The van der Waals surface area contributed by atoms with E-state index in [0.717, 1.165) is 6.07 Å². The second kappa shape index (κ2) is 4.61. The maximum atomic E-state index is 13.6. The van der Waals surface area contributed by atoms with Crippen molar-refractivity contribution in [1.29, 1.82) is 0 Å². The number of nitrogens with one attached hydrogen (secondary N) is 1. The van der Waals surface area contributed by atoms with Gasteiger partial charge in [0.1, 0.15) is 11.6 Å². The molecule has 0 saturated carbocycles. The molecule has 0 unspecified atom stereocenters. The van der Waals surface area contributed by atoms with E-state index in [1.165, 1.54) is 12.1 Å². The highest BCUT2D eigenvalue weighted by atomic mass is 19.1. The van der Waals surface area contributed by atoms with Crippen LogP contribution < -0.4 is 5.32 Å². The molecule has 0 spiro atoms. The fourth-order valence-electron chi connectivity index (χ4n) is 1.80. The van der Waals surface area contributed by atoms with Crippen LogP contribution in [0.15, 0.2) is 42.7 Å². The van der Waals surface area contributed by atoms with Crippen molar-refractivity contribution in [3.05, 3.63) is 54.1 Å². The van der Waals surface area contributed by atoms with E-state index in [-0.39, 0.29) is 5.56 Å². The van der Waals surface area contributed by atoms with Gasteiger partial charge in [0.25, 0.3) is 0 Å². The van der Waals surface area contributed by atoms with Crippen LogP contribution in [-0.4, -0.2) is 25.7 Å². The second-order valence-electron chi connectivity index (χ2n) is 4.07. The lowest BCUT2D eigenvalue weighted by Crippen LogP contribution is -2.02. The Morgan fingerprint density at radius 2 is 2.15 bits per heavy atom. The molecular formula is C13H9FN4O2. The highest BCUT2D eigenvalue weighted by molar-refractivity contribution is 5.88. The lowest BCUT2D eigenvalue weighted by molar-refractivity contribution is 0.0692. The molecule has 1 aromatic carbocycles. The molecule has 2 aromatic heterocycles. The predicted octanol–water partition coefficient (Wildman–Crippen LogP) is 2.31. The first-order valence-corrected chi connectivity index (χ1v) is 5.74. The topological polar surface area (TPSA) is 79.5 Å². The minimum absolute atomic E-state index is 0.366. The van der Waals surface area contributed by atoms with Gasteiger partial charge in [-0.3, -0.25) is 0 Å². The van der Waals surface area contributed by atoms with Crippen LogP contribution in [-0.2, 0) is 0 Å². The lowest BCUT2D eigenvalue weighted by atomic mass is 10.2. The number of carboxylic acid groups (broad SMARTS) is 1. The number of halogens is 1. The Kier molecular flexibility index (Phi) is 2.79. The molecule has 0 radical (unpaired) electrons. The van der Waals surface area contributed by atoms with Gasteiger partial charge in [0.05, 0.1) is 11.8 Å². The highest BCUT2D eigenvalue weighted by Crippen LogP contribution is 2.18. The number of rotatable bonds is 3. The largest absolute Gasteiger partial charge is 0.478 e. The van der Waals surface area contributed by atoms with Gasteiger partial charge >= 0.3 is 5.97 Å². The Bertz CT molecular complexity index is 800. The molecule has 3 rings (SSSR count). The molecular weight excluding hydrogens is 263 g/mol. The monoisotopic (exact) mass is 272 g/mol. The zero-order chi connectivity index (χ0) is 14.1. The number of aromatic nitrogens is 3. The summed E-state index contributed by atoms with van der Waals surface area (Å²) < 4.78 is 15.1. The van der Waals surface area contributed by atoms with Crippen molar-refractivity contribution in [2.75, 3.05) is 5.32 Å². The van der Waals surface area contributed by atoms with Gasteiger partial charge in [-0.1, -0.05) is 0 Å². The van der Waals surface area contributed by atoms with E-state index in [2.05, 4.69) is 15.4 Å². The van der Waals surface area contributed by atoms with Crippen LogP contribution in [0.1, 0.15) is 10.4 Å². The summed E-state index contributed by atoms with van der Waals surface area (Å²) in [7, 11) is 0. The average molecular weight is 272 g/mol. The van der Waals surface area contributed by atoms with E-state index in [4.69, 9.17) is 5.11 Å². The van der Waals surface area contributed by atoms with E-state index in [1.807, 2.05) is 0 Å². The van der Waals surface area contributed by atoms with E-state index in [1.54, 1.807) is 29.0 Å². The quantitative estimate of drug-likeness (QED) is 0.764. The SMILES string of the molecule is O=C(O)c1ccc(Nc2ccn3nccc3n2)cc1F. The number of hydrogen-bond acceptors (Lipinski definition) is 4. The summed E-state index contributed by atoms with van der Waals surface area (Å²) in [5.74, 6) is -1.58. The van der Waals surface area contributed by atoms with Gasteiger partial charge in [0.2, 0.25) is 0 Å².